The summed E-state index contributed by atoms with van der Waals surface area (Å²) in [4.78, 5) is 11.6. The monoisotopic (exact) mass is 261 g/mol. The van der Waals surface area contributed by atoms with Gasteiger partial charge in [-0.05, 0) is 31.5 Å². The number of rotatable bonds is 3. The van der Waals surface area contributed by atoms with Crippen molar-refractivity contribution in [3.8, 4) is 0 Å². The van der Waals surface area contributed by atoms with E-state index in [0.29, 0.717) is 0 Å². The van der Waals surface area contributed by atoms with Crippen molar-refractivity contribution >= 4 is 5.97 Å². The van der Waals surface area contributed by atoms with Crippen molar-refractivity contribution in [1.82, 2.24) is 0 Å². The molecule has 2 N–H and O–H groups in total. The molecule has 1 rings (SSSR count). The molecular formula is C12H14F3NO2. The van der Waals surface area contributed by atoms with Crippen LogP contribution in [0.4, 0.5) is 13.2 Å². The predicted octanol–water partition coefficient (Wildman–Crippen LogP) is 2.44. The first-order chi connectivity index (χ1) is 8.19. The van der Waals surface area contributed by atoms with Crippen molar-refractivity contribution in [2.24, 2.45) is 5.73 Å². The van der Waals surface area contributed by atoms with Gasteiger partial charge in [0.15, 0.2) is 0 Å². The predicted molar refractivity (Wildman–Crippen MR) is 59.6 cm³/mol. The number of esters is 1. The Morgan fingerprint density at radius 2 is 1.67 bits per heavy atom. The van der Waals surface area contributed by atoms with Crippen molar-refractivity contribution in [3.05, 3.63) is 35.4 Å². The Balaban J connectivity index is 3.01. The van der Waals surface area contributed by atoms with Crippen LogP contribution in [0.1, 0.15) is 25.0 Å². The summed E-state index contributed by atoms with van der Waals surface area (Å²) in [6.45, 7) is 3.18. The molecule has 0 aromatic heterocycles. The van der Waals surface area contributed by atoms with Gasteiger partial charge >= 0.3 is 12.1 Å². The number of hydrogen-bond donors (Lipinski definition) is 1. The Morgan fingerprint density at radius 1 is 1.22 bits per heavy atom. The van der Waals surface area contributed by atoms with Crippen LogP contribution in [0.15, 0.2) is 24.3 Å². The summed E-state index contributed by atoms with van der Waals surface area (Å²) in [5.74, 6) is -0.676. The minimum absolute atomic E-state index is 0.159. The lowest BCUT2D eigenvalue weighted by Crippen LogP contribution is -2.43. The third kappa shape index (κ3) is 3.01. The topological polar surface area (TPSA) is 52.3 Å². The second-order valence-corrected chi connectivity index (χ2v) is 4.00. The van der Waals surface area contributed by atoms with E-state index in [1.54, 1.807) is 6.92 Å². The van der Waals surface area contributed by atoms with Gasteiger partial charge in [0.2, 0.25) is 0 Å². The van der Waals surface area contributed by atoms with E-state index in [1.807, 2.05) is 0 Å². The maximum Gasteiger partial charge on any atom is 0.416 e. The Labute approximate surface area is 103 Å². The first-order valence-electron chi connectivity index (χ1n) is 5.33. The zero-order valence-corrected chi connectivity index (χ0v) is 10.0. The lowest BCUT2D eigenvalue weighted by atomic mass is 9.92. The van der Waals surface area contributed by atoms with Crippen LogP contribution in [0.25, 0.3) is 0 Å². The van der Waals surface area contributed by atoms with Crippen LogP contribution >= 0.6 is 0 Å². The summed E-state index contributed by atoms with van der Waals surface area (Å²) < 4.78 is 41.9. The molecule has 1 aromatic carbocycles. The van der Waals surface area contributed by atoms with Crippen LogP contribution in [0, 0.1) is 0 Å². The van der Waals surface area contributed by atoms with Gasteiger partial charge in [0, 0.05) is 0 Å². The first kappa shape index (κ1) is 14.5. The maximum absolute atomic E-state index is 12.4. The highest BCUT2D eigenvalue weighted by Gasteiger charge is 2.34. The van der Waals surface area contributed by atoms with Crippen LogP contribution in [-0.4, -0.2) is 12.6 Å². The van der Waals surface area contributed by atoms with Crippen molar-refractivity contribution in [2.45, 2.75) is 25.6 Å². The zero-order chi connectivity index (χ0) is 14.0. The van der Waals surface area contributed by atoms with E-state index >= 15 is 0 Å². The molecule has 0 saturated carbocycles. The molecule has 18 heavy (non-hydrogen) atoms. The Bertz CT molecular complexity index is 424. The molecule has 0 aliphatic carbocycles. The molecule has 0 heterocycles. The highest BCUT2D eigenvalue weighted by molar-refractivity contribution is 5.81. The Kier molecular flexibility index (Phi) is 4.01. The van der Waals surface area contributed by atoms with Gasteiger partial charge in [-0.25, -0.2) is 4.79 Å². The zero-order valence-electron chi connectivity index (χ0n) is 10.0. The van der Waals surface area contributed by atoms with Gasteiger partial charge in [0.25, 0.3) is 0 Å². The van der Waals surface area contributed by atoms with Gasteiger partial charge in [-0.2, -0.15) is 13.2 Å². The van der Waals surface area contributed by atoms with E-state index in [1.165, 1.54) is 19.1 Å². The molecule has 0 bridgehead atoms. The lowest BCUT2D eigenvalue weighted by Gasteiger charge is -2.23. The summed E-state index contributed by atoms with van der Waals surface area (Å²) in [6.07, 6.45) is -4.41. The highest BCUT2D eigenvalue weighted by atomic mass is 19.4. The number of ether oxygens (including phenoxy) is 1. The summed E-state index contributed by atoms with van der Waals surface area (Å²) in [7, 11) is 0. The standard InChI is InChI=1S/C12H14F3NO2/c1-3-18-10(17)11(2,16)8-4-6-9(7-5-8)12(13,14)15/h4-7H,3,16H2,1-2H3. The molecule has 0 fully saturated rings. The van der Waals surface area contributed by atoms with E-state index < -0.39 is 23.2 Å². The molecule has 0 spiro atoms. The number of hydrogen-bond acceptors (Lipinski definition) is 3. The summed E-state index contributed by atoms with van der Waals surface area (Å²) in [5, 5.41) is 0. The summed E-state index contributed by atoms with van der Waals surface area (Å²) in [5.41, 5.74) is 3.80. The second-order valence-electron chi connectivity index (χ2n) is 4.00. The lowest BCUT2D eigenvalue weighted by molar-refractivity contribution is -0.149. The van der Waals surface area contributed by atoms with E-state index in [0.717, 1.165) is 12.1 Å². The first-order valence-corrected chi connectivity index (χ1v) is 5.33. The normalized spacial score (nSPS) is 15.0. The Morgan fingerprint density at radius 3 is 2.06 bits per heavy atom. The van der Waals surface area contributed by atoms with Crippen molar-refractivity contribution in [1.29, 1.82) is 0 Å². The second kappa shape index (κ2) is 4.97. The van der Waals surface area contributed by atoms with Gasteiger partial charge in [-0.3, -0.25) is 0 Å². The summed E-state index contributed by atoms with van der Waals surface area (Å²) >= 11 is 0. The molecule has 0 saturated heterocycles. The fraction of sp³-hybridized carbons (Fsp3) is 0.417. The number of halogens is 3. The van der Waals surface area contributed by atoms with Gasteiger partial charge < -0.3 is 10.5 Å². The SMILES string of the molecule is CCOC(=O)C(C)(N)c1ccc(C(F)(F)F)cc1. The van der Waals surface area contributed by atoms with E-state index in [-0.39, 0.29) is 12.2 Å². The van der Waals surface area contributed by atoms with Gasteiger partial charge in [-0.15, -0.1) is 0 Å². The van der Waals surface area contributed by atoms with Crippen LogP contribution in [0.2, 0.25) is 0 Å². The molecule has 0 aliphatic rings. The van der Waals surface area contributed by atoms with E-state index in [9.17, 15) is 18.0 Å². The molecule has 0 aliphatic heterocycles. The maximum atomic E-state index is 12.4. The number of nitrogens with two attached hydrogens (primary N) is 1. The number of carbonyl (C=O) groups excluding carboxylic acids is 1. The third-order valence-electron chi connectivity index (χ3n) is 2.51. The quantitative estimate of drug-likeness (QED) is 0.850. The minimum atomic E-state index is -4.41. The van der Waals surface area contributed by atoms with Crippen molar-refractivity contribution < 1.29 is 22.7 Å². The average molecular weight is 261 g/mol. The molecule has 0 radical (unpaired) electrons. The van der Waals surface area contributed by atoms with Gasteiger partial charge in [-0.1, -0.05) is 12.1 Å². The fourth-order valence-electron chi connectivity index (χ4n) is 1.40. The number of alkyl halides is 3. The van der Waals surface area contributed by atoms with E-state index in [2.05, 4.69) is 0 Å². The van der Waals surface area contributed by atoms with Crippen molar-refractivity contribution in [2.75, 3.05) is 6.61 Å². The van der Waals surface area contributed by atoms with Crippen LogP contribution < -0.4 is 5.73 Å². The van der Waals surface area contributed by atoms with Gasteiger partial charge in [0.1, 0.15) is 5.54 Å². The van der Waals surface area contributed by atoms with Crippen LogP contribution in [0.5, 0.6) is 0 Å². The number of benzene rings is 1. The Hall–Kier alpha value is -1.56. The molecule has 100 valence electrons. The fourth-order valence-corrected chi connectivity index (χ4v) is 1.40. The van der Waals surface area contributed by atoms with Crippen LogP contribution in [0.3, 0.4) is 0 Å². The van der Waals surface area contributed by atoms with Crippen molar-refractivity contribution in [3.63, 3.8) is 0 Å². The molecule has 3 nitrogen and oxygen atoms in total. The molecule has 1 unspecified atom stereocenters. The molecule has 1 atom stereocenters. The largest absolute Gasteiger partial charge is 0.464 e. The summed E-state index contributed by atoms with van der Waals surface area (Å²) in [6, 6.07) is 4.14. The molecule has 6 heteroatoms. The molecule has 0 amide bonds. The van der Waals surface area contributed by atoms with Gasteiger partial charge in [0.05, 0.1) is 12.2 Å². The average Bonchev–Trinajstić information content (AvgIpc) is 2.28. The minimum Gasteiger partial charge on any atom is -0.464 e. The number of carbonyl (C=O) groups is 1. The molecule has 1 aromatic rings. The molecular weight excluding hydrogens is 247 g/mol. The van der Waals surface area contributed by atoms with E-state index in [4.69, 9.17) is 10.5 Å². The van der Waals surface area contributed by atoms with Crippen LogP contribution in [-0.2, 0) is 21.2 Å². The highest BCUT2D eigenvalue weighted by Crippen LogP contribution is 2.30. The third-order valence-corrected chi connectivity index (χ3v) is 2.51. The smallest absolute Gasteiger partial charge is 0.416 e.